The lowest BCUT2D eigenvalue weighted by atomic mass is 9.99. The van der Waals surface area contributed by atoms with Gasteiger partial charge in [0.1, 0.15) is 12.2 Å². The summed E-state index contributed by atoms with van der Waals surface area (Å²) in [7, 11) is 0. The summed E-state index contributed by atoms with van der Waals surface area (Å²) in [5.41, 5.74) is 0. The molecule has 9 heteroatoms. The molecule has 0 bridgehead atoms. The van der Waals surface area contributed by atoms with Crippen molar-refractivity contribution < 1.29 is 24.9 Å². The van der Waals surface area contributed by atoms with Crippen molar-refractivity contribution in [1.29, 1.82) is 0 Å². The van der Waals surface area contributed by atoms with Crippen molar-refractivity contribution in [3.63, 3.8) is 0 Å². The van der Waals surface area contributed by atoms with E-state index in [1.54, 1.807) is 6.92 Å². The Morgan fingerprint density at radius 2 is 1.44 bits per heavy atom. The second-order valence-corrected chi connectivity index (χ2v) is 6.64. The lowest BCUT2D eigenvalue weighted by Crippen LogP contribution is -2.33. The van der Waals surface area contributed by atoms with E-state index in [0.717, 1.165) is 25.7 Å². The van der Waals surface area contributed by atoms with E-state index in [1.165, 1.54) is 12.2 Å². The predicted octanol–water partition coefficient (Wildman–Crippen LogP) is 2.59. The highest BCUT2D eigenvalue weighted by Gasteiger charge is 2.29. The van der Waals surface area contributed by atoms with Crippen LogP contribution in [0.25, 0.3) is 0 Å². The van der Waals surface area contributed by atoms with Crippen molar-refractivity contribution in [3.05, 3.63) is 32.4 Å². The zero-order valence-corrected chi connectivity index (χ0v) is 15.9. The van der Waals surface area contributed by atoms with Crippen molar-refractivity contribution in [3.8, 4) is 0 Å². The Labute approximate surface area is 159 Å². The second-order valence-electron chi connectivity index (χ2n) is 6.64. The average molecular weight is 387 g/mol. The van der Waals surface area contributed by atoms with Gasteiger partial charge in [0.25, 0.3) is 0 Å². The molecule has 0 aliphatic rings. The van der Waals surface area contributed by atoms with Crippen LogP contribution in [0.1, 0.15) is 71.1 Å². The molecule has 0 rings (SSSR count). The summed E-state index contributed by atoms with van der Waals surface area (Å²) in [5, 5.41) is 41.7. The van der Waals surface area contributed by atoms with Crippen LogP contribution >= 0.6 is 0 Å². The summed E-state index contributed by atoms with van der Waals surface area (Å²) in [6.45, 7) is 1.65. The first-order chi connectivity index (χ1) is 12.8. The highest BCUT2D eigenvalue weighted by molar-refractivity contribution is 5.50. The highest BCUT2D eigenvalue weighted by Crippen LogP contribution is 2.15. The van der Waals surface area contributed by atoms with Crippen LogP contribution in [0.15, 0.2) is 12.2 Å². The van der Waals surface area contributed by atoms with Gasteiger partial charge in [-0.3, -0.25) is 25.0 Å². The fourth-order valence-electron chi connectivity index (χ4n) is 2.80. The van der Waals surface area contributed by atoms with E-state index in [0.29, 0.717) is 12.8 Å². The van der Waals surface area contributed by atoms with Gasteiger partial charge in [0.2, 0.25) is 12.1 Å². The number of hydrogen-bond donors (Lipinski definition) is 2. The quantitative estimate of drug-likeness (QED) is 0.169. The van der Waals surface area contributed by atoms with Crippen LogP contribution in [0.2, 0.25) is 0 Å². The van der Waals surface area contributed by atoms with Gasteiger partial charge in [-0.25, -0.2) is 0 Å². The largest absolute Gasteiger partial charge is 0.386 e. The first-order valence-electron chi connectivity index (χ1n) is 9.48. The van der Waals surface area contributed by atoms with E-state index >= 15 is 0 Å². The van der Waals surface area contributed by atoms with Gasteiger partial charge >= 0.3 is 0 Å². The Hall–Kier alpha value is -1.87. The van der Waals surface area contributed by atoms with Crippen LogP contribution in [0, 0.1) is 20.2 Å². The van der Waals surface area contributed by atoms with E-state index in [4.69, 9.17) is 0 Å². The number of nitrogens with zero attached hydrogens (tertiary/aromatic N) is 2. The molecule has 0 aromatic rings. The standard InChI is InChI=1S/C18H31N2O7/c1-2-17(22)15(19(24)25)12-8-9-13-18(23)16(20(26)27)11-7-5-3-4-6-10-14-21/h8-9,15-18,22-23H,2-7,10-13H2,1H3/b9-8-. The number of rotatable bonds is 17. The van der Waals surface area contributed by atoms with Gasteiger partial charge in [0, 0.05) is 29.1 Å². The van der Waals surface area contributed by atoms with Crippen LogP contribution in [-0.4, -0.2) is 50.6 Å². The third kappa shape index (κ3) is 11.4. The fourth-order valence-corrected chi connectivity index (χ4v) is 2.80. The molecule has 0 aromatic heterocycles. The van der Waals surface area contributed by atoms with Crippen LogP contribution in [0.3, 0.4) is 0 Å². The monoisotopic (exact) mass is 387 g/mol. The number of aliphatic hydroxyl groups is 2. The van der Waals surface area contributed by atoms with Gasteiger partial charge in [-0.1, -0.05) is 38.3 Å². The molecule has 4 atom stereocenters. The molecule has 0 aliphatic carbocycles. The SMILES string of the molecule is CCC(O)C(C/C=C\CC(O)C(CCCCCCC[C]=O)[N+](=O)[O-])[N+](=O)[O-]. The van der Waals surface area contributed by atoms with Gasteiger partial charge < -0.3 is 10.2 Å². The molecule has 0 fully saturated rings. The summed E-state index contributed by atoms with van der Waals surface area (Å²) < 4.78 is 0. The highest BCUT2D eigenvalue weighted by atomic mass is 16.6. The first kappa shape index (κ1) is 25.1. The van der Waals surface area contributed by atoms with Gasteiger partial charge in [0.05, 0.1) is 0 Å². The molecule has 0 aliphatic heterocycles. The third-order valence-corrected chi connectivity index (χ3v) is 4.55. The van der Waals surface area contributed by atoms with Crippen molar-refractivity contribution in [1.82, 2.24) is 0 Å². The minimum absolute atomic E-state index is 0.00999. The van der Waals surface area contributed by atoms with Crippen LogP contribution in [0.4, 0.5) is 0 Å². The zero-order valence-electron chi connectivity index (χ0n) is 15.9. The van der Waals surface area contributed by atoms with Crippen molar-refractivity contribution >= 4 is 6.29 Å². The Morgan fingerprint density at radius 1 is 0.889 bits per heavy atom. The van der Waals surface area contributed by atoms with E-state index in [2.05, 4.69) is 0 Å². The molecule has 0 amide bonds. The van der Waals surface area contributed by atoms with Gasteiger partial charge in [0.15, 0.2) is 6.29 Å². The van der Waals surface area contributed by atoms with Crippen molar-refractivity contribution in [2.75, 3.05) is 0 Å². The van der Waals surface area contributed by atoms with Gasteiger partial charge in [-0.2, -0.15) is 0 Å². The molecule has 9 nitrogen and oxygen atoms in total. The molecule has 0 heterocycles. The van der Waals surface area contributed by atoms with E-state index in [1.807, 2.05) is 6.29 Å². The maximum atomic E-state index is 11.2. The maximum absolute atomic E-state index is 11.2. The topological polar surface area (TPSA) is 144 Å². The predicted molar refractivity (Wildman–Crippen MR) is 100 cm³/mol. The molecule has 2 N–H and O–H groups in total. The molecular formula is C18H31N2O7. The Bertz CT molecular complexity index is 471. The molecule has 0 saturated carbocycles. The molecule has 0 spiro atoms. The Morgan fingerprint density at radius 3 is 2.00 bits per heavy atom. The molecule has 4 unspecified atom stereocenters. The summed E-state index contributed by atoms with van der Waals surface area (Å²) in [6, 6.07) is -2.20. The number of carbonyl (C=O) groups excluding carboxylic acids is 1. The summed E-state index contributed by atoms with van der Waals surface area (Å²) in [6.07, 6.45) is 7.51. The van der Waals surface area contributed by atoms with Crippen molar-refractivity contribution in [2.24, 2.45) is 0 Å². The number of aliphatic hydroxyl groups excluding tert-OH is 2. The fraction of sp³-hybridized carbons (Fsp3) is 0.833. The number of nitro groups is 2. The van der Waals surface area contributed by atoms with Crippen LogP contribution in [0.5, 0.6) is 0 Å². The summed E-state index contributed by atoms with van der Waals surface area (Å²) in [4.78, 5) is 31.1. The van der Waals surface area contributed by atoms with E-state index < -0.39 is 34.1 Å². The van der Waals surface area contributed by atoms with Crippen molar-refractivity contribution in [2.45, 2.75) is 95.4 Å². The minimum atomic E-state index is -1.16. The van der Waals surface area contributed by atoms with Gasteiger partial charge in [-0.15, -0.1) is 0 Å². The molecule has 155 valence electrons. The Kier molecular flexibility index (Phi) is 14.2. The summed E-state index contributed by atoms with van der Waals surface area (Å²) >= 11 is 0. The van der Waals surface area contributed by atoms with E-state index in [9.17, 15) is 35.2 Å². The average Bonchev–Trinajstić information content (AvgIpc) is 2.62. The maximum Gasteiger partial charge on any atom is 0.241 e. The summed E-state index contributed by atoms with van der Waals surface area (Å²) in [5.74, 6) is 0. The molecule has 27 heavy (non-hydrogen) atoms. The lowest BCUT2D eigenvalue weighted by Gasteiger charge is -2.15. The zero-order chi connectivity index (χ0) is 20.7. The van der Waals surface area contributed by atoms with Crippen LogP contribution < -0.4 is 0 Å². The van der Waals surface area contributed by atoms with E-state index in [-0.39, 0.29) is 25.7 Å². The second kappa shape index (κ2) is 15.2. The normalized spacial score (nSPS) is 16.0. The number of unbranched alkanes of at least 4 members (excludes halogenated alkanes) is 5. The lowest BCUT2D eigenvalue weighted by molar-refractivity contribution is -0.535. The smallest absolute Gasteiger partial charge is 0.241 e. The minimum Gasteiger partial charge on any atom is -0.386 e. The first-order valence-corrected chi connectivity index (χ1v) is 9.48. The molecule has 1 radical (unpaired) electrons. The molecule has 0 saturated heterocycles. The molecular weight excluding hydrogens is 356 g/mol. The van der Waals surface area contributed by atoms with Gasteiger partial charge in [-0.05, 0) is 25.7 Å². The Balaban J connectivity index is 4.30. The molecule has 0 aromatic carbocycles. The third-order valence-electron chi connectivity index (χ3n) is 4.55. The van der Waals surface area contributed by atoms with Crippen LogP contribution in [-0.2, 0) is 4.79 Å². The number of hydrogen-bond acceptors (Lipinski definition) is 7.